The van der Waals surface area contributed by atoms with Crippen LogP contribution < -0.4 is 11.0 Å². The van der Waals surface area contributed by atoms with E-state index in [-0.39, 0.29) is 0 Å². The number of hydroxylamine groups is 2. The maximum Gasteiger partial charge on any atom is 0.0461 e. The van der Waals surface area contributed by atoms with Gasteiger partial charge in [0.2, 0.25) is 0 Å². The highest BCUT2D eigenvalue weighted by molar-refractivity contribution is 5.37. The van der Waals surface area contributed by atoms with Gasteiger partial charge in [-0.1, -0.05) is 32.0 Å². The summed E-state index contributed by atoms with van der Waals surface area (Å²) in [6.45, 7) is 5.04. The van der Waals surface area contributed by atoms with Gasteiger partial charge in [-0.25, -0.2) is 11.0 Å². The second-order valence-electron chi connectivity index (χ2n) is 3.81. The maximum absolute atomic E-state index is 8.73. The predicted octanol–water partition coefficient (Wildman–Crippen LogP) is 1.77. The number of benzene rings is 1. The molecular weight excluding hydrogens is 192 g/mol. The number of nitrogens with one attached hydrogen (secondary N) is 2. The fourth-order valence-electron chi connectivity index (χ4n) is 1.89. The molecule has 4 nitrogen and oxygen atoms in total. The summed E-state index contributed by atoms with van der Waals surface area (Å²) >= 11 is 0. The van der Waals surface area contributed by atoms with Crippen molar-refractivity contribution in [3.8, 4) is 0 Å². The van der Waals surface area contributed by atoms with E-state index in [0.29, 0.717) is 19.0 Å². The molecule has 1 aromatic carbocycles. The molecule has 0 saturated carbocycles. The third-order valence-electron chi connectivity index (χ3n) is 2.40. The van der Waals surface area contributed by atoms with Crippen LogP contribution in [0.5, 0.6) is 0 Å². The van der Waals surface area contributed by atoms with E-state index in [0.717, 1.165) is 11.1 Å². The van der Waals surface area contributed by atoms with Crippen LogP contribution in [0.2, 0.25) is 0 Å². The summed E-state index contributed by atoms with van der Waals surface area (Å²) in [5.41, 5.74) is 7.61. The van der Waals surface area contributed by atoms with Crippen LogP contribution >= 0.6 is 0 Å². The van der Waals surface area contributed by atoms with Gasteiger partial charge in [0.15, 0.2) is 0 Å². The van der Waals surface area contributed by atoms with Crippen LogP contribution in [-0.2, 0) is 13.1 Å². The van der Waals surface area contributed by atoms with Crippen LogP contribution in [0.25, 0.3) is 0 Å². The molecule has 15 heavy (non-hydrogen) atoms. The Morgan fingerprint density at radius 1 is 1.07 bits per heavy atom. The number of rotatable bonds is 5. The van der Waals surface area contributed by atoms with Gasteiger partial charge in [0, 0.05) is 13.1 Å². The van der Waals surface area contributed by atoms with Crippen molar-refractivity contribution in [2.75, 3.05) is 0 Å². The van der Waals surface area contributed by atoms with Crippen LogP contribution in [0, 0.1) is 0 Å². The van der Waals surface area contributed by atoms with Gasteiger partial charge in [-0.2, -0.15) is 0 Å². The minimum atomic E-state index is 0.359. The Balaban J connectivity index is 3.09. The van der Waals surface area contributed by atoms with Gasteiger partial charge >= 0.3 is 0 Å². The molecule has 0 heterocycles. The first-order valence-corrected chi connectivity index (χ1v) is 5.05. The van der Waals surface area contributed by atoms with Crippen molar-refractivity contribution < 1.29 is 10.4 Å². The average Bonchev–Trinajstić information content (AvgIpc) is 2.18. The summed E-state index contributed by atoms with van der Waals surface area (Å²) in [6.07, 6.45) is 0. The molecule has 4 heteroatoms. The van der Waals surface area contributed by atoms with Gasteiger partial charge in [0.05, 0.1) is 0 Å². The minimum absolute atomic E-state index is 0.359. The third kappa shape index (κ3) is 3.00. The van der Waals surface area contributed by atoms with Crippen molar-refractivity contribution in [2.45, 2.75) is 32.9 Å². The normalized spacial score (nSPS) is 11.0. The largest absolute Gasteiger partial charge is 0.316 e. The summed E-state index contributed by atoms with van der Waals surface area (Å²) in [5.74, 6) is 0.359. The van der Waals surface area contributed by atoms with Crippen molar-refractivity contribution in [3.05, 3.63) is 34.9 Å². The molecule has 0 fully saturated rings. The molecule has 84 valence electrons. The average molecular weight is 210 g/mol. The first-order valence-electron chi connectivity index (χ1n) is 5.05. The molecule has 0 spiro atoms. The zero-order chi connectivity index (χ0) is 11.3. The summed E-state index contributed by atoms with van der Waals surface area (Å²) in [5, 5.41) is 17.5. The molecule has 0 radical (unpaired) electrons. The van der Waals surface area contributed by atoms with Crippen LogP contribution in [0.3, 0.4) is 0 Å². The first kappa shape index (κ1) is 12.1. The quantitative estimate of drug-likeness (QED) is 0.559. The molecule has 0 aliphatic rings. The number of hydrogen-bond donors (Lipinski definition) is 4. The Morgan fingerprint density at radius 2 is 1.53 bits per heavy atom. The topological polar surface area (TPSA) is 64.5 Å². The third-order valence-corrected chi connectivity index (χ3v) is 2.40. The van der Waals surface area contributed by atoms with E-state index in [1.807, 2.05) is 18.2 Å². The summed E-state index contributed by atoms with van der Waals surface area (Å²) in [6, 6.07) is 5.87. The molecule has 0 atom stereocenters. The van der Waals surface area contributed by atoms with Gasteiger partial charge < -0.3 is 10.4 Å². The van der Waals surface area contributed by atoms with Crippen molar-refractivity contribution in [3.63, 3.8) is 0 Å². The second-order valence-corrected chi connectivity index (χ2v) is 3.81. The lowest BCUT2D eigenvalue weighted by Crippen LogP contribution is -2.14. The lowest BCUT2D eigenvalue weighted by molar-refractivity contribution is 0.159. The van der Waals surface area contributed by atoms with E-state index in [9.17, 15) is 0 Å². The van der Waals surface area contributed by atoms with E-state index in [4.69, 9.17) is 10.4 Å². The zero-order valence-corrected chi connectivity index (χ0v) is 9.12. The van der Waals surface area contributed by atoms with Gasteiger partial charge in [0.25, 0.3) is 0 Å². The fourth-order valence-corrected chi connectivity index (χ4v) is 1.89. The SMILES string of the molecule is CC(C)c1c(CNO)cccc1CNO. The van der Waals surface area contributed by atoms with Crippen LogP contribution in [0.1, 0.15) is 36.5 Å². The summed E-state index contributed by atoms with van der Waals surface area (Å²) in [4.78, 5) is 0. The van der Waals surface area contributed by atoms with E-state index in [1.165, 1.54) is 5.56 Å². The summed E-state index contributed by atoms with van der Waals surface area (Å²) < 4.78 is 0. The second kappa shape index (κ2) is 5.82. The highest BCUT2D eigenvalue weighted by Gasteiger charge is 2.10. The highest BCUT2D eigenvalue weighted by atomic mass is 16.5. The Morgan fingerprint density at radius 3 is 1.87 bits per heavy atom. The van der Waals surface area contributed by atoms with Crippen molar-refractivity contribution in [1.82, 2.24) is 11.0 Å². The van der Waals surface area contributed by atoms with Crippen LogP contribution in [-0.4, -0.2) is 10.4 Å². The van der Waals surface area contributed by atoms with Crippen molar-refractivity contribution in [1.29, 1.82) is 0 Å². The minimum Gasteiger partial charge on any atom is -0.316 e. The molecular formula is C11H18N2O2. The highest BCUT2D eigenvalue weighted by Crippen LogP contribution is 2.23. The molecule has 1 rings (SSSR count). The molecule has 4 N–H and O–H groups in total. The van der Waals surface area contributed by atoms with Crippen molar-refractivity contribution >= 4 is 0 Å². The Bertz CT molecular complexity index is 289. The fraction of sp³-hybridized carbons (Fsp3) is 0.455. The van der Waals surface area contributed by atoms with Gasteiger partial charge in [0.1, 0.15) is 0 Å². The van der Waals surface area contributed by atoms with E-state index in [2.05, 4.69) is 24.8 Å². The first-order chi connectivity index (χ1) is 7.20. The number of hydrogen-bond acceptors (Lipinski definition) is 4. The molecule has 0 saturated heterocycles. The maximum atomic E-state index is 8.73. The van der Waals surface area contributed by atoms with Crippen LogP contribution in [0.4, 0.5) is 0 Å². The Labute approximate surface area is 89.9 Å². The molecule has 0 aromatic heterocycles. The van der Waals surface area contributed by atoms with Crippen molar-refractivity contribution in [2.24, 2.45) is 0 Å². The predicted molar refractivity (Wildman–Crippen MR) is 57.8 cm³/mol. The molecule has 0 bridgehead atoms. The van der Waals surface area contributed by atoms with Crippen LogP contribution in [0.15, 0.2) is 18.2 Å². The molecule has 0 aliphatic carbocycles. The van der Waals surface area contributed by atoms with E-state index in [1.54, 1.807) is 0 Å². The summed E-state index contributed by atoms with van der Waals surface area (Å²) in [7, 11) is 0. The lowest BCUT2D eigenvalue weighted by Gasteiger charge is -2.17. The van der Waals surface area contributed by atoms with Gasteiger partial charge in [-0.05, 0) is 22.6 Å². The van der Waals surface area contributed by atoms with Gasteiger partial charge in [-0.15, -0.1) is 0 Å². The molecule has 1 aromatic rings. The standard InChI is InChI=1S/C11H18N2O2/c1-8(2)11-9(6-12-14)4-3-5-10(11)7-13-15/h3-5,8,12-15H,6-7H2,1-2H3. The Hall–Kier alpha value is -0.940. The molecule has 0 unspecified atom stereocenters. The zero-order valence-electron chi connectivity index (χ0n) is 9.12. The van der Waals surface area contributed by atoms with E-state index >= 15 is 0 Å². The monoisotopic (exact) mass is 210 g/mol. The van der Waals surface area contributed by atoms with E-state index < -0.39 is 0 Å². The Kier molecular flexibility index (Phi) is 4.71. The molecule has 0 amide bonds. The molecule has 0 aliphatic heterocycles. The van der Waals surface area contributed by atoms with Gasteiger partial charge in [-0.3, -0.25) is 0 Å². The smallest absolute Gasteiger partial charge is 0.0461 e. The lowest BCUT2D eigenvalue weighted by atomic mass is 9.92.